The van der Waals surface area contributed by atoms with Crippen LogP contribution in [0, 0.1) is 0 Å². The van der Waals surface area contributed by atoms with Crippen LogP contribution in [0.25, 0.3) is 0 Å². The van der Waals surface area contributed by atoms with E-state index >= 15 is 0 Å². The number of nitrogens with one attached hydrogen (secondary N) is 1. The number of nitrogens with zero attached hydrogens (tertiary/aromatic N) is 2. The van der Waals surface area contributed by atoms with E-state index in [1.54, 1.807) is 54.6 Å². The molecule has 0 radical (unpaired) electrons. The highest BCUT2D eigenvalue weighted by atomic mass is 35.5. The Morgan fingerprint density at radius 2 is 1.43 bits per heavy atom. The summed E-state index contributed by atoms with van der Waals surface area (Å²) < 4.78 is 33.1. The predicted molar refractivity (Wildman–Crippen MR) is 184 cm³/mol. The first-order chi connectivity index (χ1) is 21.9. The quantitative estimate of drug-likeness (QED) is 0.153. The first-order valence-electron chi connectivity index (χ1n) is 14.8. The van der Waals surface area contributed by atoms with E-state index in [1.807, 2.05) is 62.4 Å². The third-order valence-electron chi connectivity index (χ3n) is 7.39. The number of ether oxygens (including phenoxy) is 1. The fourth-order valence-corrected chi connectivity index (χ4v) is 5.92. The molecule has 0 saturated heterocycles. The molecule has 8 nitrogen and oxygen atoms in total. The molecule has 0 aliphatic rings. The third kappa shape index (κ3) is 9.72. The lowest BCUT2D eigenvalue weighted by atomic mass is 10.0. The van der Waals surface area contributed by atoms with E-state index in [1.165, 1.54) is 4.90 Å². The Hall–Kier alpha value is -4.05. The van der Waals surface area contributed by atoms with Crippen molar-refractivity contribution < 1.29 is 22.7 Å². The van der Waals surface area contributed by atoms with E-state index in [-0.39, 0.29) is 30.6 Å². The predicted octanol–water partition coefficient (Wildman–Crippen LogP) is 7.11. The second-order valence-corrected chi connectivity index (χ2v) is 13.7. The van der Waals surface area contributed by atoms with Crippen LogP contribution in [0.3, 0.4) is 0 Å². The van der Waals surface area contributed by atoms with E-state index in [0.29, 0.717) is 33.5 Å². The Labute approximate surface area is 280 Å². The van der Waals surface area contributed by atoms with Gasteiger partial charge in [-0.1, -0.05) is 84.7 Å². The van der Waals surface area contributed by atoms with Crippen LogP contribution in [-0.4, -0.2) is 50.0 Å². The van der Waals surface area contributed by atoms with Crippen molar-refractivity contribution in [2.24, 2.45) is 0 Å². The van der Waals surface area contributed by atoms with Gasteiger partial charge in [0.2, 0.25) is 21.8 Å². The fraction of sp³-hybridized carbons (Fsp3) is 0.257. The summed E-state index contributed by atoms with van der Waals surface area (Å²) in [6.45, 7) is 3.29. The number of anilines is 1. The molecule has 0 aliphatic carbocycles. The number of carbonyl (C=O) groups is 2. The third-order valence-corrected chi connectivity index (χ3v) is 9.27. The summed E-state index contributed by atoms with van der Waals surface area (Å²) in [4.78, 5) is 29.5. The van der Waals surface area contributed by atoms with Gasteiger partial charge in [-0.05, 0) is 73.0 Å². The van der Waals surface area contributed by atoms with Gasteiger partial charge in [0.1, 0.15) is 24.1 Å². The number of hydrogen-bond donors (Lipinski definition) is 1. The number of rotatable bonds is 14. The van der Waals surface area contributed by atoms with Crippen molar-refractivity contribution in [3.8, 4) is 11.5 Å². The average Bonchev–Trinajstić information content (AvgIpc) is 3.04. The van der Waals surface area contributed by atoms with Gasteiger partial charge in [0.25, 0.3) is 0 Å². The van der Waals surface area contributed by atoms with E-state index in [9.17, 15) is 18.0 Å². The molecule has 1 N–H and O–H groups in total. The van der Waals surface area contributed by atoms with Crippen LogP contribution in [0.2, 0.25) is 10.0 Å². The Bertz CT molecular complexity index is 1720. The zero-order chi connectivity index (χ0) is 33.3. The van der Waals surface area contributed by atoms with Crippen molar-refractivity contribution in [3.63, 3.8) is 0 Å². The maximum Gasteiger partial charge on any atom is 0.244 e. The molecule has 11 heteroatoms. The number of benzene rings is 4. The van der Waals surface area contributed by atoms with Crippen LogP contribution in [-0.2, 0) is 32.6 Å². The number of para-hydroxylation sites is 1. The highest BCUT2D eigenvalue weighted by molar-refractivity contribution is 7.92. The normalized spacial score (nSPS) is 12.5. The first-order valence-corrected chi connectivity index (χ1v) is 17.4. The van der Waals surface area contributed by atoms with Crippen molar-refractivity contribution in [2.75, 3.05) is 17.1 Å². The van der Waals surface area contributed by atoms with Crippen LogP contribution >= 0.6 is 23.2 Å². The van der Waals surface area contributed by atoms with Gasteiger partial charge in [-0.25, -0.2) is 8.42 Å². The number of hydrogen-bond acceptors (Lipinski definition) is 5. The summed E-state index contributed by atoms with van der Waals surface area (Å²) >= 11 is 12.5. The largest absolute Gasteiger partial charge is 0.457 e. The molecular formula is C35H37Cl2N3O5S. The number of amides is 2. The summed E-state index contributed by atoms with van der Waals surface area (Å²) in [5.74, 6) is 0.213. The number of sulfonamides is 1. The summed E-state index contributed by atoms with van der Waals surface area (Å²) in [6, 6.07) is 28.8. The van der Waals surface area contributed by atoms with Crippen molar-refractivity contribution >= 4 is 50.7 Å². The highest BCUT2D eigenvalue weighted by Crippen LogP contribution is 2.27. The minimum Gasteiger partial charge on any atom is -0.457 e. The maximum absolute atomic E-state index is 14.3. The lowest BCUT2D eigenvalue weighted by Crippen LogP contribution is -2.54. The first kappa shape index (κ1) is 34.8. The zero-order valence-electron chi connectivity index (χ0n) is 25.9. The maximum atomic E-state index is 14.3. The second-order valence-electron chi connectivity index (χ2n) is 11.0. The SMILES string of the molecule is CC[C@@H](C)NC(=O)[C@@H](Cc1ccccc1)N(Cc1ccc(Cl)c(Cl)c1)C(=O)CN(c1ccc(Oc2ccccc2)cc1)S(C)(=O)=O. The Kier molecular flexibility index (Phi) is 12.1. The van der Waals surface area contributed by atoms with E-state index < -0.39 is 28.5 Å². The molecule has 0 bridgehead atoms. The van der Waals surface area contributed by atoms with Crippen LogP contribution in [0.1, 0.15) is 31.4 Å². The lowest BCUT2D eigenvalue weighted by Gasteiger charge is -2.34. The monoisotopic (exact) mass is 681 g/mol. The Balaban J connectivity index is 1.70. The number of carbonyl (C=O) groups excluding carboxylic acids is 2. The van der Waals surface area contributed by atoms with Crippen molar-refractivity contribution in [1.29, 1.82) is 0 Å². The highest BCUT2D eigenvalue weighted by Gasteiger charge is 2.33. The second kappa shape index (κ2) is 16.0. The molecule has 0 fully saturated rings. The molecular weight excluding hydrogens is 645 g/mol. The van der Waals surface area contributed by atoms with Crippen molar-refractivity contribution in [2.45, 2.75) is 45.3 Å². The molecule has 0 spiro atoms. The van der Waals surface area contributed by atoms with Crippen LogP contribution < -0.4 is 14.4 Å². The van der Waals surface area contributed by atoms with Gasteiger partial charge in [0.15, 0.2) is 0 Å². The summed E-state index contributed by atoms with van der Waals surface area (Å²) in [6.07, 6.45) is 1.94. The van der Waals surface area contributed by atoms with Crippen molar-refractivity contribution in [1.82, 2.24) is 10.2 Å². The molecule has 0 saturated carbocycles. The molecule has 46 heavy (non-hydrogen) atoms. The molecule has 242 valence electrons. The number of halogens is 2. The van der Waals surface area contributed by atoms with E-state index in [4.69, 9.17) is 27.9 Å². The van der Waals surface area contributed by atoms with Gasteiger partial charge >= 0.3 is 0 Å². The molecule has 0 unspecified atom stereocenters. The Morgan fingerprint density at radius 3 is 2.02 bits per heavy atom. The topological polar surface area (TPSA) is 96.0 Å². The minimum atomic E-state index is -3.93. The molecule has 0 aliphatic heterocycles. The lowest BCUT2D eigenvalue weighted by molar-refractivity contribution is -0.140. The van der Waals surface area contributed by atoms with E-state index in [2.05, 4.69) is 5.32 Å². The van der Waals surface area contributed by atoms with Gasteiger partial charge in [-0.15, -0.1) is 0 Å². The molecule has 0 aromatic heterocycles. The van der Waals surface area contributed by atoms with Crippen LogP contribution in [0.15, 0.2) is 103 Å². The zero-order valence-corrected chi connectivity index (χ0v) is 28.2. The van der Waals surface area contributed by atoms with Crippen LogP contribution in [0.4, 0.5) is 5.69 Å². The molecule has 4 aromatic rings. The Morgan fingerprint density at radius 1 is 0.826 bits per heavy atom. The summed E-state index contributed by atoms with van der Waals surface area (Å²) in [7, 11) is -3.93. The van der Waals surface area contributed by atoms with Gasteiger partial charge in [0.05, 0.1) is 22.0 Å². The minimum absolute atomic E-state index is 0.0113. The molecule has 4 rings (SSSR count). The fourth-order valence-electron chi connectivity index (χ4n) is 4.75. The van der Waals surface area contributed by atoms with Gasteiger partial charge in [0, 0.05) is 19.0 Å². The molecule has 2 amide bonds. The standard InChI is InChI=1S/C35H37Cl2N3O5S/c1-4-25(2)38-35(42)33(22-26-11-7-5-8-12-26)39(23-27-15-20-31(36)32(37)21-27)34(41)24-40(46(3,43)44)28-16-18-30(19-17-28)45-29-13-9-6-10-14-29/h5-21,25,33H,4,22-24H2,1-3H3,(H,38,42)/t25-,33-/m1/s1. The summed E-state index contributed by atoms with van der Waals surface area (Å²) in [5, 5.41) is 3.65. The molecule has 2 atom stereocenters. The van der Waals surface area contributed by atoms with Gasteiger partial charge < -0.3 is 15.0 Å². The smallest absolute Gasteiger partial charge is 0.244 e. The molecule has 4 aromatic carbocycles. The summed E-state index contributed by atoms with van der Waals surface area (Å²) in [5.41, 5.74) is 1.74. The molecule has 0 heterocycles. The van der Waals surface area contributed by atoms with E-state index in [0.717, 1.165) is 16.1 Å². The van der Waals surface area contributed by atoms with Gasteiger partial charge in [-0.3, -0.25) is 13.9 Å². The van der Waals surface area contributed by atoms with Crippen molar-refractivity contribution in [3.05, 3.63) is 124 Å². The van der Waals surface area contributed by atoms with Crippen LogP contribution in [0.5, 0.6) is 11.5 Å². The average molecular weight is 683 g/mol. The van der Waals surface area contributed by atoms with Gasteiger partial charge in [-0.2, -0.15) is 0 Å².